The molecular formula is C15H26N2O3. The molecule has 1 N–H and O–H groups in total. The molecule has 20 heavy (non-hydrogen) atoms. The molecule has 2 rings (SSSR count). The Morgan fingerprint density at radius 1 is 1.25 bits per heavy atom. The monoisotopic (exact) mass is 282 g/mol. The molecule has 1 aliphatic carbocycles. The predicted octanol–water partition coefficient (Wildman–Crippen LogP) is 1.32. The molecule has 1 saturated heterocycles. The third-order valence-corrected chi connectivity index (χ3v) is 4.30. The highest BCUT2D eigenvalue weighted by molar-refractivity contribution is 5.83. The van der Waals surface area contributed by atoms with Crippen LogP contribution < -0.4 is 5.32 Å². The number of carbonyl (C=O) groups is 2. The maximum Gasteiger partial charge on any atom is 0.242 e. The van der Waals surface area contributed by atoms with E-state index in [2.05, 4.69) is 5.32 Å². The summed E-state index contributed by atoms with van der Waals surface area (Å²) in [7, 11) is 0. The number of ether oxygens (including phenoxy) is 1. The number of hydrogen-bond acceptors (Lipinski definition) is 3. The number of nitrogens with zero attached hydrogens (tertiary/aromatic N) is 1. The Hall–Kier alpha value is -1.10. The lowest BCUT2D eigenvalue weighted by atomic mass is 9.85. The second-order valence-electron chi connectivity index (χ2n) is 5.98. The Balaban J connectivity index is 1.75. The first-order chi connectivity index (χ1) is 9.65. The van der Waals surface area contributed by atoms with Crippen LogP contribution >= 0.6 is 0 Å². The largest absolute Gasteiger partial charge is 0.375 e. The summed E-state index contributed by atoms with van der Waals surface area (Å²) in [6.07, 6.45) is 7.89. The fourth-order valence-electron chi connectivity index (χ4n) is 3.19. The molecule has 0 unspecified atom stereocenters. The molecule has 1 aliphatic heterocycles. The molecule has 2 aliphatic rings. The smallest absolute Gasteiger partial charge is 0.242 e. The number of nitrogens with one attached hydrogen (secondary N) is 1. The van der Waals surface area contributed by atoms with Gasteiger partial charge in [0.05, 0.1) is 19.3 Å². The van der Waals surface area contributed by atoms with E-state index in [9.17, 15) is 9.59 Å². The van der Waals surface area contributed by atoms with Crippen molar-refractivity contribution in [1.29, 1.82) is 0 Å². The van der Waals surface area contributed by atoms with Gasteiger partial charge in [-0.15, -0.1) is 0 Å². The SMILES string of the molecule is CC(=O)NCC(=O)N1CCO[C@@H](CC2CCCCC2)C1. The zero-order valence-corrected chi connectivity index (χ0v) is 12.4. The van der Waals surface area contributed by atoms with Crippen LogP contribution in [0.1, 0.15) is 45.4 Å². The minimum Gasteiger partial charge on any atom is -0.375 e. The Kier molecular flexibility index (Phi) is 5.83. The lowest BCUT2D eigenvalue weighted by Gasteiger charge is -2.35. The topological polar surface area (TPSA) is 58.6 Å². The van der Waals surface area contributed by atoms with E-state index in [0.29, 0.717) is 19.7 Å². The molecule has 0 radical (unpaired) electrons. The molecule has 114 valence electrons. The number of amides is 2. The minimum atomic E-state index is -0.162. The normalized spacial score (nSPS) is 24.4. The number of morpholine rings is 1. The van der Waals surface area contributed by atoms with Gasteiger partial charge in [0.1, 0.15) is 0 Å². The van der Waals surface area contributed by atoms with E-state index in [1.807, 2.05) is 4.90 Å². The van der Waals surface area contributed by atoms with Crippen LogP contribution in [0.5, 0.6) is 0 Å². The van der Waals surface area contributed by atoms with Crippen molar-refractivity contribution in [1.82, 2.24) is 10.2 Å². The number of rotatable bonds is 4. The Morgan fingerprint density at radius 3 is 2.70 bits per heavy atom. The lowest BCUT2D eigenvalue weighted by Crippen LogP contribution is -2.49. The van der Waals surface area contributed by atoms with Crippen LogP contribution in [0.2, 0.25) is 0 Å². The molecule has 5 heteroatoms. The fraction of sp³-hybridized carbons (Fsp3) is 0.867. The van der Waals surface area contributed by atoms with Crippen molar-refractivity contribution in [3.05, 3.63) is 0 Å². The van der Waals surface area contributed by atoms with E-state index in [-0.39, 0.29) is 24.5 Å². The van der Waals surface area contributed by atoms with Crippen molar-refractivity contribution in [2.75, 3.05) is 26.2 Å². The predicted molar refractivity (Wildman–Crippen MR) is 76.2 cm³/mol. The first-order valence-corrected chi connectivity index (χ1v) is 7.79. The van der Waals surface area contributed by atoms with E-state index in [4.69, 9.17) is 4.74 Å². The summed E-state index contributed by atoms with van der Waals surface area (Å²) in [5, 5.41) is 2.57. The van der Waals surface area contributed by atoms with Crippen LogP contribution in [0.25, 0.3) is 0 Å². The summed E-state index contributed by atoms with van der Waals surface area (Å²) in [5.41, 5.74) is 0. The molecule has 1 saturated carbocycles. The Morgan fingerprint density at radius 2 is 2.00 bits per heavy atom. The van der Waals surface area contributed by atoms with Crippen LogP contribution in [0.3, 0.4) is 0 Å². The fourth-order valence-corrected chi connectivity index (χ4v) is 3.19. The van der Waals surface area contributed by atoms with Crippen molar-refractivity contribution in [3.8, 4) is 0 Å². The Labute approximate surface area is 121 Å². The summed E-state index contributed by atoms with van der Waals surface area (Å²) in [5.74, 6) is 0.599. The number of hydrogen-bond donors (Lipinski definition) is 1. The molecule has 1 atom stereocenters. The summed E-state index contributed by atoms with van der Waals surface area (Å²) in [6.45, 7) is 3.46. The van der Waals surface area contributed by atoms with Gasteiger partial charge in [-0.3, -0.25) is 9.59 Å². The third kappa shape index (κ3) is 4.78. The molecule has 1 heterocycles. The molecule has 0 aromatic rings. The van der Waals surface area contributed by atoms with E-state index < -0.39 is 0 Å². The highest BCUT2D eigenvalue weighted by Gasteiger charge is 2.27. The highest BCUT2D eigenvalue weighted by atomic mass is 16.5. The van der Waals surface area contributed by atoms with Crippen LogP contribution in [-0.4, -0.2) is 49.1 Å². The molecule has 0 aromatic heterocycles. The molecular weight excluding hydrogens is 256 g/mol. The summed E-state index contributed by atoms with van der Waals surface area (Å²) < 4.78 is 5.81. The van der Waals surface area contributed by atoms with Gasteiger partial charge in [0.2, 0.25) is 11.8 Å². The van der Waals surface area contributed by atoms with Gasteiger partial charge in [0.15, 0.2) is 0 Å². The van der Waals surface area contributed by atoms with Crippen molar-refractivity contribution < 1.29 is 14.3 Å². The summed E-state index contributed by atoms with van der Waals surface area (Å²) >= 11 is 0. The van der Waals surface area contributed by atoms with Crippen molar-refractivity contribution >= 4 is 11.8 Å². The van der Waals surface area contributed by atoms with Crippen molar-refractivity contribution in [2.45, 2.75) is 51.6 Å². The molecule has 2 amide bonds. The first kappa shape index (κ1) is 15.3. The third-order valence-electron chi connectivity index (χ3n) is 4.30. The van der Waals surface area contributed by atoms with Crippen LogP contribution in [0.4, 0.5) is 0 Å². The second-order valence-corrected chi connectivity index (χ2v) is 5.98. The highest BCUT2D eigenvalue weighted by Crippen LogP contribution is 2.28. The second kappa shape index (κ2) is 7.62. The van der Waals surface area contributed by atoms with Gasteiger partial charge in [-0.25, -0.2) is 0 Å². The van der Waals surface area contributed by atoms with Gasteiger partial charge >= 0.3 is 0 Å². The first-order valence-electron chi connectivity index (χ1n) is 7.79. The van der Waals surface area contributed by atoms with Crippen LogP contribution in [-0.2, 0) is 14.3 Å². The quantitative estimate of drug-likeness (QED) is 0.846. The van der Waals surface area contributed by atoms with E-state index in [1.54, 1.807) is 0 Å². The zero-order valence-electron chi connectivity index (χ0n) is 12.4. The standard InChI is InChI=1S/C15H26N2O3/c1-12(18)16-10-15(19)17-7-8-20-14(11-17)9-13-5-3-2-4-6-13/h13-14H,2-11H2,1H3,(H,16,18)/t14-/m0/s1. The maximum absolute atomic E-state index is 12.0. The molecule has 2 fully saturated rings. The molecule has 0 aromatic carbocycles. The maximum atomic E-state index is 12.0. The van der Waals surface area contributed by atoms with Gasteiger partial charge < -0.3 is 15.0 Å². The molecule has 0 spiro atoms. The minimum absolute atomic E-state index is 0.00264. The van der Waals surface area contributed by atoms with Gasteiger partial charge in [-0.1, -0.05) is 32.1 Å². The van der Waals surface area contributed by atoms with E-state index in [0.717, 1.165) is 12.3 Å². The summed E-state index contributed by atoms with van der Waals surface area (Å²) in [4.78, 5) is 24.7. The van der Waals surface area contributed by atoms with Crippen molar-refractivity contribution in [2.24, 2.45) is 5.92 Å². The van der Waals surface area contributed by atoms with Gasteiger partial charge in [-0.2, -0.15) is 0 Å². The Bertz CT molecular complexity index is 340. The number of carbonyl (C=O) groups excluding carboxylic acids is 2. The molecule has 0 bridgehead atoms. The zero-order chi connectivity index (χ0) is 14.4. The average Bonchev–Trinajstić information content (AvgIpc) is 2.46. The average molecular weight is 282 g/mol. The van der Waals surface area contributed by atoms with E-state index >= 15 is 0 Å². The lowest BCUT2D eigenvalue weighted by molar-refractivity contribution is -0.139. The van der Waals surface area contributed by atoms with Crippen LogP contribution in [0, 0.1) is 5.92 Å². The van der Waals surface area contributed by atoms with Gasteiger partial charge in [0.25, 0.3) is 0 Å². The van der Waals surface area contributed by atoms with Crippen molar-refractivity contribution in [3.63, 3.8) is 0 Å². The van der Waals surface area contributed by atoms with Gasteiger partial charge in [0, 0.05) is 20.0 Å². The molecule has 5 nitrogen and oxygen atoms in total. The van der Waals surface area contributed by atoms with E-state index in [1.165, 1.54) is 39.0 Å². The van der Waals surface area contributed by atoms with Crippen LogP contribution in [0.15, 0.2) is 0 Å². The summed E-state index contributed by atoms with van der Waals surface area (Å²) in [6, 6.07) is 0. The van der Waals surface area contributed by atoms with Gasteiger partial charge in [-0.05, 0) is 12.3 Å².